The predicted molar refractivity (Wildman–Crippen MR) is 58.0 cm³/mol. The summed E-state index contributed by atoms with van der Waals surface area (Å²) >= 11 is 1.71. The summed E-state index contributed by atoms with van der Waals surface area (Å²) in [4.78, 5) is 14.2. The molecule has 7 heteroatoms. The highest BCUT2D eigenvalue weighted by Gasteiger charge is 2.20. The Morgan fingerprint density at radius 2 is 2.31 bits per heavy atom. The SMILES string of the molecule is N#Cc1c(C(F)F)cnc(I)c1CC(=O)O. The highest BCUT2D eigenvalue weighted by Crippen LogP contribution is 2.26. The van der Waals surface area contributed by atoms with Crippen molar-refractivity contribution in [3.63, 3.8) is 0 Å². The number of hydrogen-bond acceptors (Lipinski definition) is 3. The zero-order valence-corrected chi connectivity index (χ0v) is 9.90. The molecule has 1 N–H and O–H groups in total. The fourth-order valence-electron chi connectivity index (χ4n) is 1.16. The van der Waals surface area contributed by atoms with Gasteiger partial charge in [-0.1, -0.05) is 0 Å². The molecule has 0 atom stereocenters. The van der Waals surface area contributed by atoms with Crippen LogP contribution in [0, 0.1) is 15.0 Å². The molecule has 1 aromatic heterocycles. The maximum atomic E-state index is 12.5. The number of carboxylic acids is 1. The Kier molecular flexibility index (Phi) is 4.12. The Morgan fingerprint density at radius 1 is 1.69 bits per heavy atom. The van der Waals surface area contributed by atoms with Gasteiger partial charge in [-0.05, 0) is 22.6 Å². The summed E-state index contributed by atoms with van der Waals surface area (Å²) in [6.45, 7) is 0. The third kappa shape index (κ3) is 2.63. The van der Waals surface area contributed by atoms with E-state index in [4.69, 9.17) is 10.4 Å². The standard InChI is InChI=1S/C9H5F2IN2O2/c10-8(11)6-3-14-9(12)4(1-7(15)16)5(6)2-13/h3,8H,1H2,(H,15,16). The molecule has 84 valence electrons. The Labute approximate surface area is 103 Å². The summed E-state index contributed by atoms with van der Waals surface area (Å²) < 4.78 is 25.3. The van der Waals surface area contributed by atoms with Crippen LogP contribution in [-0.2, 0) is 11.2 Å². The average molecular weight is 338 g/mol. The number of rotatable bonds is 3. The van der Waals surface area contributed by atoms with Gasteiger partial charge >= 0.3 is 5.97 Å². The number of aliphatic carboxylic acids is 1. The van der Waals surface area contributed by atoms with Gasteiger partial charge in [0.15, 0.2) is 0 Å². The van der Waals surface area contributed by atoms with Crippen LogP contribution in [0.15, 0.2) is 6.20 Å². The molecule has 0 saturated carbocycles. The van der Waals surface area contributed by atoms with Crippen LogP contribution >= 0.6 is 22.6 Å². The third-order valence-electron chi connectivity index (χ3n) is 1.83. The monoisotopic (exact) mass is 338 g/mol. The van der Waals surface area contributed by atoms with Crippen LogP contribution in [0.4, 0.5) is 8.78 Å². The average Bonchev–Trinajstić information content (AvgIpc) is 2.19. The van der Waals surface area contributed by atoms with Crippen molar-refractivity contribution in [2.45, 2.75) is 12.8 Å². The van der Waals surface area contributed by atoms with Gasteiger partial charge < -0.3 is 5.11 Å². The molecule has 0 saturated heterocycles. The molecular formula is C9H5F2IN2O2. The Bertz CT molecular complexity index is 471. The van der Waals surface area contributed by atoms with Crippen molar-refractivity contribution in [1.82, 2.24) is 4.98 Å². The van der Waals surface area contributed by atoms with Gasteiger partial charge in [0.1, 0.15) is 9.77 Å². The lowest BCUT2D eigenvalue weighted by Crippen LogP contribution is -2.08. The summed E-state index contributed by atoms with van der Waals surface area (Å²) in [5, 5.41) is 17.4. The number of nitriles is 1. The van der Waals surface area contributed by atoms with Crippen LogP contribution in [0.25, 0.3) is 0 Å². The van der Waals surface area contributed by atoms with Gasteiger partial charge in [0.2, 0.25) is 0 Å². The minimum Gasteiger partial charge on any atom is -0.481 e. The second-order valence-electron chi connectivity index (χ2n) is 2.84. The van der Waals surface area contributed by atoms with Crippen molar-refractivity contribution in [3.05, 3.63) is 26.6 Å². The molecule has 0 fully saturated rings. The van der Waals surface area contributed by atoms with E-state index in [1.165, 1.54) is 0 Å². The van der Waals surface area contributed by atoms with Gasteiger partial charge in [-0.25, -0.2) is 13.8 Å². The molecule has 0 amide bonds. The van der Waals surface area contributed by atoms with Crippen molar-refractivity contribution >= 4 is 28.6 Å². The first-order valence-electron chi connectivity index (χ1n) is 4.04. The maximum absolute atomic E-state index is 12.5. The van der Waals surface area contributed by atoms with E-state index in [-0.39, 0.29) is 14.8 Å². The number of alkyl halides is 2. The van der Waals surface area contributed by atoms with Crippen molar-refractivity contribution in [2.24, 2.45) is 0 Å². The minimum atomic E-state index is -2.84. The summed E-state index contributed by atoms with van der Waals surface area (Å²) in [6.07, 6.45) is -2.43. The number of hydrogen-bond donors (Lipinski definition) is 1. The van der Waals surface area contributed by atoms with E-state index in [1.54, 1.807) is 28.7 Å². The summed E-state index contributed by atoms with van der Waals surface area (Å²) in [5.74, 6) is -1.19. The van der Waals surface area contributed by atoms with Crippen LogP contribution in [0.2, 0.25) is 0 Å². The maximum Gasteiger partial charge on any atom is 0.307 e. The number of pyridine rings is 1. The van der Waals surface area contributed by atoms with E-state index >= 15 is 0 Å². The zero-order chi connectivity index (χ0) is 12.3. The van der Waals surface area contributed by atoms with Crippen LogP contribution in [0.1, 0.15) is 23.1 Å². The predicted octanol–water partition coefficient (Wildman–Crippen LogP) is 2.12. The molecule has 0 unspecified atom stereocenters. The van der Waals surface area contributed by atoms with Gasteiger partial charge in [0.05, 0.1) is 17.5 Å². The van der Waals surface area contributed by atoms with E-state index in [2.05, 4.69) is 4.98 Å². The third-order valence-corrected chi connectivity index (χ3v) is 2.76. The first-order valence-corrected chi connectivity index (χ1v) is 5.12. The molecule has 0 aromatic carbocycles. The fraction of sp³-hybridized carbons (Fsp3) is 0.222. The number of carboxylic acid groups (broad SMARTS) is 1. The fourth-order valence-corrected chi connectivity index (χ4v) is 1.76. The van der Waals surface area contributed by atoms with Gasteiger partial charge in [-0.3, -0.25) is 4.79 Å². The molecule has 0 aliphatic carbocycles. The molecule has 4 nitrogen and oxygen atoms in total. The zero-order valence-electron chi connectivity index (χ0n) is 7.75. The first-order chi connectivity index (χ1) is 7.47. The molecule has 0 aliphatic rings. The van der Waals surface area contributed by atoms with Gasteiger partial charge in [-0.15, -0.1) is 0 Å². The lowest BCUT2D eigenvalue weighted by molar-refractivity contribution is -0.136. The smallest absolute Gasteiger partial charge is 0.307 e. The van der Waals surface area contributed by atoms with Crippen molar-refractivity contribution < 1.29 is 18.7 Å². The quantitative estimate of drug-likeness (QED) is 0.677. The summed E-state index contributed by atoms with van der Waals surface area (Å²) in [7, 11) is 0. The highest BCUT2D eigenvalue weighted by atomic mass is 127. The van der Waals surface area contributed by atoms with E-state index in [9.17, 15) is 13.6 Å². The number of nitrogens with zero attached hydrogens (tertiary/aromatic N) is 2. The van der Waals surface area contributed by atoms with Crippen molar-refractivity contribution in [2.75, 3.05) is 0 Å². The lowest BCUT2D eigenvalue weighted by Gasteiger charge is -2.08. The topological polar surface area (TPSA) is 74.0 Å². The Morgan fingerprint density at radius 3 is 2.75 bits per heavy atom. The van der Waals surface area contributed by atoms with Gasteiger partial charge in [0, 0.05) is 11.8 Å². The van der Waals surface area contributed by atoms with Crippen LogP contribution < -0.4 is 0 Å². The van der Waals surface area contributed by atoms with E-state index in [0.717, 1.165) is 6.20 Å². The molecule has 0 spiro atoms. The van der Waals surface area contributed by atoms with Crippen LogP contribution in [-0.4, -0.2) is 16.1 Å². The molecule has 0 aliphatic heterocycles. The number of carbonyl (C=O) groups is 1. The molecule has 0 radical (unpaired) electrons. The van der Waals surface area contributed by atoms with Gasteiger partial charge in [0.25, 0.3) is 6.43 Å². The molecule has 1 rings (SSSR count). The largest absolute Gasteiger partial charge is 0.481 e. The van der Waals surface area contributed by atoms with Crippen LogP contribution in [0.3, 0.4) is 0 Å². The Hall–Kier alpha value is -1.30. The van der Waals surface area contributed by atoms with Gasteiger partial charge in [-0.2, -0.15) is 5.26 Å². The van der Waals surface area contributed by atoms with Crippen molar-refractivity contribution in [1.29, 1.82) is 5.26 Å². The second kappa shape index (κ2) is 5.16. The lowest BCUT2D eigenvalue weighted by atomic mass is 10.0. The van der Waals surface area contributed by atoms with Crippen molar-refractivity contribution in [3.8, 4) is 6.07 Å². The minimum absolute atomic E-state index is 0.0356. The molecule has 0 bridgehead atoms. The normalized spacial score (nSPS) is 10.2. The molecule has 16 heavy (non-hydrogen) atoms. The molecular weight excluding hydrogens is 333 g/mol. The van der Waals surface area contributed by atoms with E-state index in [1.807, 2.05) is 0 Å². The summed E-state index contributed by atoms with van der Waals surface area (Å²) in [5.41, 5.74) is -0.788. The molecule has 1 heterocycles. The highest BCUT2D eigenvalue weighted by molar-refractivity contribution is 14.1. The number of aromatic nitrogens is 1. The van der Waals surface area contributed by atoms with Crippen LogP contribution in [0.5, 0.6) is 0 Å². The second-order valence-corrected chi connectivity index (χ2v) is 3.86. The summed E-state index contributed by atoms with van der Waals surface area (Å²) in [6, 6.07) is 1.60. The first kappa shape index (κ1) is 12.8. The number of halogens is 3. The Balaban J connectivity index is 3.39. The van der Waals surface area contributed by atoms with E-state index in [0.29, 0.717) is 0 Å². The van der Waals surface area contributed by atoms with E-state index < -0.39 is 24.4 Å². The molecule has 1 aromatic rings.